The van der Waals surface area contributed by atoms with Crippen molar-refractivity contribution in [2.24, 2.45) is 0 Å². The van der Waals surface area contributed by atoms with E-state index < -0.39 is 40.3 Å². The van der Waals surface area contributed by atoms with E-state index in [-0.39, 0.29) is 40.6 Å². The maximum Gasteiger partial charge on any atom is 0.312 e. The molecule has 0 saturated heterocycles. The molecule has 0 unspecified atom stereocenters. The van der Waals surface area contributed by atoms with Crippen LogP contribution in [0.4, 0.5) is 0 Å². The molecule has 0 amide bonds. The number of carbonyl (C=O) groups excluding carboxylic acids is 1. The summed E-state index contributed by atoms with van der Waals surface area (Å²) in [5.41, 5.74) is 0.147. The number of fused-ring (bicyclic) bond motifs is 3. The molecule has 1 aliphatic rings. The first-order chi connectivity index (χ1) is 17.1. The molecule has 5 rings (SSSR count). The third-order valence-corrected chi connectivity index (χ3v) is 5.94. The maximum absolute atomic E-state index is 13.2. The van der Waals surface area contributed by atoms with Crippen molar-refractivity contribution < 1.29 is 39.1 Å². The van der Waals surface area contributed by atoms with Crippen LogP contribution in [0.2, 0.25) is 0 Å². The number of phenolic OH excluding ortho intramolecular Hbond substituents is 3. The number of hydrogen-bond acceptors (Lipinski definition) is 9. The monoisotopic (exact) mass is 490 g/mol. The summed E-state index contributed by atoms with van der Waals surface area (Å²) in [5, 5.41) is 40.5. The first kappa shape index (κ1) is 23.1. The van der Waals surface area contributed by atoms with Gasteiger partial charge in [-0.2, -0.15) is 0 Å². The standard InChI is InChI=1S/C27H22O9/c1-12(2)34-15-5-3-4-13(8-15)16-10-21(31)35-20-11-19(30)23-24(32)25(33)26(36-27(23)22(16)20)14-6-7-17(28)18(29)9-14/h3-9,11-12,16,28-30,33H,10H2,1-2H3/t16-/m1/s1. The van der Waals surface area contributed by atoms with Gasteiger partial charge in [-0.25, -0.2) is 0 Å². The molecule has 0 bridgehead atoms. The first-order valence-electron chi connectivity index (χ1n) is 11.2. The van der Waals surface area contributed by atoms with E-state index in [0.29, 0.717) is 16.9 Å². The van der Waals surface area contributed by atoms with Gasteiger partial charge >= 0.3 is 5.97 Å². The van der Waals surface area contributed by atoms with Crippen molar-refractivity contribution in [2.45, 2.75) is 32.3 Å². The molecule has 9 heteroatoms. The summed E-state index contributed by atoms with van der Waals surface area (Å²) in [6.45, 7) is 3.78. The predicted molar refractivity (Wildman–Crippen MR) is 129 cm³/mol. The van der Waals surface area contributed by atoms with Gasteiger partial charge in [0.15, 0.2) is 17.3 Å². The Morgan fingerprint density at radius 1 is 0.944 bits per heavy atom. The molecule has 4 N–H and O–H groups in total. The van der Waals surface area contributed by atoms with E-state index in [4.69, 9.17) is 13.9 Å². The minimum absolute atomic E-state index is 0.0183. The van der Waals surface area contributed by atoms with Gasteiger partial charge in [-0.05, 0) is 49.7 Å². The van der Waals surface area contributed by atoms with Gasteiger partial charge in [0, 0.05) is 23.1 Å². The molecular weight excluding hydrogens is 468 g/mol. The van der Waals surface area contributed by atoms with Gasteiger partial charge in [-0.1, -0.05) is 12.1 Å². The number of esters is 1. The van der Waals surface area contributed by atoms with Crippen molar-refractivity contribution in [3.63, 3.8) is 0 Å². The third kappa shape index (κ3) is 3.84. The molecular formula is C27H22O9. The van der Waals surface area contributed by atoms with E-state index in [1.165, 1.54) is 12.1 Å². The number of hydrogen-bond donors (Lipinski definition) is 4. The van der Waals surface area contributed by atoms with Crippen molar-refractivity contribution in [2.75, 3.05) is 0 Å². The molecule has 36 heavy (non-hydrogen) atoms. The van der Waals surface area contributed by atoms with E-state index in [0.717, 1.165) is 12.1 Å². The number of benzene rings is 3. The molecule has 1 aromatic heterocycles. The van der Waals surface area contributed by atoms with Gasteiger partial charge in [0.05, 0.1) is 12.5 Å². The predicted octanol–water partition coefficient (Wildman–Crippen LogP) is 4.51. The average Bonchev–Trinajstić information content (AvgIpc) is 2.82. The van der Waals surface area contributed by atoms with Crippen LogP contribution >= 0.6 is 0 Å². The number of aromatic hydroxyl groups is 4. The molecule has 0 radical (unpaired) electrons. The third-order valence-electron chi connectivity index (χ3n) is 5.94. The number of phenols is 3. The van der Waals surface area contributed by atoms with Gasteiger partial charge < -0.3 is 34.3 Å². The SMILES string of the molecule is CC(C)Oc1cccc([C@H]2CC(=O)Oc3cc(O)c4c(=O)c(O)c(-c5ccc(O)c(O)c5)oc4c32)c1. The smallest absolute Gasteiger partial charge is 0.312 e. The lowest BCUT2D eigenvalue weighted by molar-refractivity contribution is -0.135. The van der Waals surface area contributed by atoms with Crippen LogP contribution in [-0.4, -0.2) is 32.5 Å². The largest absolute Gasteiger partial charge is 0.507 e. The highest BCUT2D eigenvalue weighted by Gasteiger charge is 2.34. The molecule has 4 aromatic rings. The van der Waals surface area contributed by atoms with Crippen LogP contribution in [-0.2, 0) is 4.79 Å². The van der Waals surface area contributed by atoms with Crippen molar-refractivity contribution in [1.29, 1.82) is 0 Å². The average molecular weight is 490 g/mol. The van der Waals surface area contributed by atoms with E-state index in [1.54, 1.807) is 24.3 Å². The molecule has 1 aliphatic heterocycles. The second-order valence-corrected chi connectivity index (χ2v) is 8.79. The highest BCUT2D eigenvalue weighted by atomic mass is 16.5. The molecule has 0 fully saturated rings. The molecule has 0 saturated carbocycles. The lowest BCUT2D eigenvalue weighted by Crippen LogP contribution is -2.22. The fourth-order valence-electron chi connectivity index (χ4n) is 4.40. The topological polar surface area (TPSA) is 147 Å². The van der Waals surface area contributed by atoms with E-state index in [2.05, 4.69) is 0 Å². The van der Waals surface area contributed by atoms with Crippen LogP contribution in [0.15, 0.2) is 57.7 Å². The first-order valence-corrected chi connectivity index (χ1v) is 11.2. The van der Waals surface area contributed by atoms with Gasteiger partial charge in [-0.3, -0.25) is 9.59 Å². The number of carbonyl (C=O) groups is 1. The van der Waals surface area contributed by atoms with E-state index in [1.807, 2.05) is 13.8 Å². The normalized spacial score (nSPS) is 15.1. The van der Waals surface area contributed by atoms with Crippen LogP contribution in [0.5, 0.6) is 34.5 Å². The van der Waals surface area contributed by atoms with Crippen molar-refractivity contribution in [3.8, 4) is 45.8 Å². The minimum Gasteiger partial charge on any atom is -0.507 e. The Morgan fingerprint density at radius 2 is 1.72 bits per heavy atom. The van der Waals surface area contributed by atoms with Crippen LogP contribution in [0, 0.1) is 0 Å². The Hall–Kier alpha value is -4.66. The van der Waals surface area contributed by atoms with E-state index in [9.17, 15) is 30.0 Å². The fraction of sp³-hybridized carbons (Fsp3) is 0.185. The highest BCUT2D eigenvalue weighted by molar-refractivity contribution is 5.94. The zero-order valence-electron chi connectivity index (χ0n) is 19.3. The second kappa shape index (κ2) is 8.53. The zero-order chi connectivity index (χ0) is 25.7. The Morgan fingerprint density at radius 3 is 2.44 bits per heavy atom. The molecule has 3 aromatic carbocycles. The number of ether oxygens (including phenoxy) is 2. The Balaban J connectivity index is 1.80. The molecule has 2 heterocycles. The number of rotatable bonds is 4. The Labute approximate surface area is 204 Å². The van der Waals surface area contributed by atoms with Gasteiger partial charge in [0.25, 0.3) is 0 Å². The summed E-state index contributed by atoms with van der Waals surface area (Å²) in [6, 6.07) is 11.9. The van der Waals surface area contributed by atoms with Crippen molar-refractivity contribution in [1.82, 2.24) is 0 Å². The Kier molecular flexibility index (Phi) is 5.47. The lowest BCUT2D eigenvalue weighted by atomic mass is 9.85. The summed E-state index contributed by atoms with van der Waals surface area (Å²) < 4.78 is 17.2. The van der Waals surface area contributed by atoms with E-state index >= 15 is 0 Å². The molecule has 184 valence electrons. The highest BCUT2D eigenvalue weighted by Crippen LogP contribution is 2.47. The minimum atomic E-state index is -0.911. The summed E-state index contributed by atoms with van der Waals surface area (Å²) in [5.74, 6) is -3.04. The fourth-order valence-corrected chi connectivity index (χ4v) is 4.40. The Bertz CT molecular complexity index is 1580. The summed E-state index contributed by atoms with van der Waals surface area (Å²) in [7, 11) is 0. The van der Waals surface area contributed by atoms with Crippen LogP contribution in [0.3, 0.4) is 0 Å². The van der Waals surface area contributed by atoms with Gasteiger partial charge in [-0.15, -0.1) is 0 Å². The summed E-state index contributed by atoms with van der Waals surface area (Å²) in [4.78, 5) is 25.6. The lowest BCUT2D eigenvalue weighted by Gasteiger charge is -2.26. The summed E-state index contributed by atoms with van der Waals surface area (Å²) in [6.07, 6.45) is -0.148. The second-order valence-electron chi connectivity index (χ2n) is 8.79. The van der Waals surface area contributed by atoms with Crippen molar-refractivity contribution in [3.05, 3.63) is 69.9 Å². The molecule has 0 aliphatic carbocycles. The van der Waals surface area contributed by atoms with Crippen LogP contribution in [0.1, 0.15) is 37.3 Å². The van der Waals surface area contributed by atoms with Gasteiger partial charge in [0.2, 0.25) is 11.2 Å². The quantitative estimate of drug-likeness (QED) is 0.184. The molecule has 9 nitrogen and oxygen atoms in total. The van der Waals surface area contributed by atoms with Crippen molar-refractivity contribution >= 4 is 16.9 Å². The van der Waals surface area contributed by atoms with Crippen LogP contribution in [0.25, 0.3) is 22.3 Å². The maximum atomic E-state index is 13.2. The van der Waals surface area contributed by atoms with Crippen LogP contribution < -0.4 is 14.9 Å². The molecule has 1 atom stereocenters. The summed E-state index contributed by atoms with van der Waals surface area (Å²) >= 11 is 0. The molecule has 0 spiro atoms. The zero-order valence-corrected chi connectivity index (χ0v) is 19.3. The van der Waals surface area contributed by atoms with Gasteiger partial charge in [0.1, 0.15) is 28.2 Å².